The third-order valence-electron chi connectivity index (χ3n) is 3.78. The number of morpholine rings is 1. The lowest BCUT2D eigenvalue weighted by Gasteiger charge is -2.32. The number of aliphatic carboxylic acids is 1. The number of ether oxygens (including phenoxy) is 2. The average Bonchev–Trinajstić information content (AvgIpc) is 2.54. The van der Waals surface area contributed by atoms with Crippen LogP contribution in [0, 0.1) is 5.92 Å². The fourth-order valence-electron chi connectivity index (χ4n) is 2.51. The van der Waals surface area contributed by atoms with Gasteiger partial charge >= 0.3 is 5.97 Å². The zero-order chi connectivity index (χ0) is 16.1. The van der Waals surface area contributed by atoms with Gasteiger partial charge in [0.15, 0.2) is 6.10 Å². The van der Waals surface area contributed by atoms with Crippen molar-refractivity contribution in [1.82, 2.24) is 4.90 Å². The molecule has 1 aromatic carbocycles. The van der Waals surface area contributed by atoms with Crippen LogP contribution in [0.25, 0.3) is 0 Å². The Bertz CT molecular complexity index is 528. The fraction of sp³-hybridized carbons (Fsp3) is 0.500. The summed E-state index contributed by atoms with van der Waals surface area (Å²) >= 11 is 0. The number of hydrogen-bond acceptors (Lipinski definition) is 4. The molecule has 2 rings (SSSR count). The van der Waals surface area contributed by atoms with Crippen LogP contribution in [-0.2, 0) is 20.7 Å². The van der Waals surface area contributed by atoms with Crippen molar-refractivity contribution in [3.05, 3.63) is 29.8 Å². The fourth-order valence-corrected chi connectivity index (χ4v) is 2.51. The molecule has 6 heteroatoms. The number of methoxy groups -OCH3 is 1. The standard InChI is InChI=1S/C16H21NO5/c1-11(9-12-3-5-13(21-2)6-4-12)15(18)17-7-8-22-14(10-17)16(19)20/h3-6,11,14H,7-10H2,1-2H3,(H,19,20). The number of amides is 1. The number of hydrogen-bond donors (Lipinski definition) is 1. The third kappa shape index (κ3) is 3.98. The van der Waals surface area contributed by atoms with E-state index in [1.807, 2.05) is 31.2 Å². The molecule has 22 heavy (non-hydrogen) atoms. The van der Waals surface area contributed by atoms with Crippen molar-refractivity contribution in [3.8, 4) is 5.75 Å². The quantitative estimate of drug-likeness (QED) is 0.884. The van der Waals surface area contributed by atoms with E-state index in [2.05, 4.69) is 0 Å². The smallest absolute Gasteiger partial charge is 0.334 e. The number of carboxylic acid groups (broad SMARTS) is 1. The van der Waals surface area contributed by atoms with Crippen LogP contribution in [0.5, 0.6) is 5.75 Å². The van der Waals surface area contributed by atoms with Crippen molar-refractivity contribution < 1.29 is 24.2 Å². The summed E-state index contributed by atoms with van der Waals surface area (Å²) < 4.78 is 10.2. The number of benzene rings is 1. The molecule has 0 radical (unpaired) electrons. The lowest BCUT2D eigenvalue weighted by molar-refractivity contribution is -0.160. The molecule has 0 aliphatic carbocycles. The number of rotatable bonds is 5. The minimum Gasteiger partial charge on any atom is -0.497 e. The van der Waals surface area contributed by atoms with Crippen molar-refractivity contribution in [2.75, 3.05) is 26.8 Å². The van der Waals surface area contributed by atoms with E-state index < -0.39 is 12.1 Å². The highest BCUT2D eigenvalue weighted by atomic mass is 16.5. The monoisotopic (exact) mass is 307 g/mol. The SMILES string of the molecule is COc1ccc(CC(C)C(=O)N2CCOC(C(=O)O)C2)cc1. The molecule has 2 atom stereocenters. The van der Waals surface area contributed by atoms with Gasteiger partial charge in [0.2, 0.25) is 5.91 Å². The van der Waals surface area contributed by atoms with Crippen LogP contribution in [0.2, 0.25) is 0 Å². The third-order valence-corrected chi connectivity index (χ3v) is 3.78. The van der Waals surface area contributed by atoms with Crippen LogP contribution in [0.3, 0.4) is 0 Å². The summed E-state index contributed by atoms with van der Waals surface area (Å²) in [5.41, 5.74) is 1.05. The average molecular weight is 307 g/mol. The molecular weight excluding hydrogens is 286 g/mol. The maximum Gasteiger partial charge on any atom is 0.334 e. The van der Waals surface area contributed by atoms with Gasteiger partial charge in [-0.25, -0.2) is 4.79 Å². The van der Waals surface area contributed by atoms with E-state index in [1.165, 1.54) is 0 Å². The Balaban J connectivity index is 1.94. The maximum absolute atomic E-state index is 12.4. The zero-order valence-electron chi connectivity index (χ0n) is 12.8. The molecule has 120 valence electrons. The lowest BCUT2D eigenvalue weighted by Crippen LogP contribution is -2.50. The van der Waals surface area contributed by atoms with E-state index in [-0.39, 0.29) is 25.0 Å². The summed E-state index contributed by atoms with van der Waals surface area (Å²) in [6, 6.07) is 7.59. The van der Waals surface area contributed by atoms with Gasteiger partial charge in [-0.15, -0.1) is 0 Å². The molecule has 1 amide bonds. The molecule has 1 fully saturated rings. The summed E-state index contributed by atoms with van der Waals surface area (Å²) in [5, 5.41) is 8.99. The zero-order valence-corrected chi connectivity index (χ0v) is 12.8. The minimum absolute atomic E-state index is 0.0367. The first-order valence-electron chi connectivity index (χ1n) is 7.27. The Hall–Kier alpha value is -2.08. The predicted octanol–water partition coefficient (Wildman–Crippen LogP) is 1.19. The molecule has 0 bridgehead atoms. The van der Waals surface area contributed by atoms with Gasteiger partial charge in [0.05, 0.1) is 20.3 Å². The largest absolute Gasteiger partial charge is 0.497 e. The summed E-state index contributed by atoms with van der Waals surface area (Å²) in [5.74, 6) is -0.494. The van der Waals surface area contributed by atoms with E-state index in [0.717, 1.165) is 11.3 Å². The molecule has 0 spiro atoms. The number of carbonyl (C=O) groups is 2. The first-order chi connectivity index (χ1) is 10.5. The van der Waals surface area contributed by atoms with Crippen molar-refractivity contribution in [3.63, 3.8) is 0 Å². The van der Waals surface area contributed by atoms with E-state index >= 15 is 0 Å². The van der Waals surface area contributed by atoms with Crippen LogP contribution in [0.4, 0.5) is 0 Å². The number of carbonyl (C=O) groups excluding carboxylic acids is 1. The van der Waals surface area contributed by atoms with E-state index in [9.17, 15) is 9.59 Å². The molecule has 1 heterocycles. The van der Waals surface area contributed by atoms with Gasteiger partial charge in [-0.2, -0.15) is 0 Å². The van der Waals surface area contributed by atoms with Crippen LogP contribution >= 0.6 is 0 Å². The molecule has 1 N–H and O–H groups in total. The number of carboxylic acids is 1. The van der Waals surface area contributed by atoms with Crippen LogP contribution in [-0.4, -0.2) is 54.8 Å². The van der Waals surface area contributed by atoms with Crippen LogP contribution < -0.4 is 4.74 Å². The van der Waals surface area contributed by atoms with Crippen molar-refractivity contribution in [1.29, 1.82) is 0 Å². The van der Waals surface area contributed by atoms with E-state index in [0.29, 0.717) is 13.0 Å². The second kappa shape index (κ2) is 7.26. The van der Waals surface area contributed by atoms with E-state index in [1.54, 1.807) is 12.0 Å². The molecule has 1 aliphatic heterocycles. The highest BCUT2D eigenvalue weighted by Gasteiger charge is 2.30. The summed E-state index contributed by atoms with van der Waals surface area (Å²) in [6.07, 6.45) is -0.316. The van der Waals surface area contributed by atoms with Gasteiger partial charge in [0, 0.05) is 12.5 Å². The topological polar surface area (TPSA) is 76.1 Å². The maximum atomic E-state index is 12.4. The molecule has 6 nitrogen and oxygen atoms in total. The predicted molar refractivity (Wildman–Crippen MR) is 79.8 cm³/mol. The highest BCUT2D eigenvalue weighted by molar-refractivity contribution is 5.80. The normalized spacial score (nSPS) is 19.5. The molecule has 1 aliphatic rings. The van der Waals surface area contributed by atoms with Gasteiger partial charge in [0.25, 0.3) is 0 Å². The van der Waals surface area contributed by atoms with Gasteiger partial charge in [-0.3, -0.25) is 4.79 Å². The van der Waals surface area contributed by atoms with Crippen molar-refractivity contribution in [2.45, 2.75) is 19.4 Å². The molecule has 2 unspecified atom stereocenters. The second-order valence-electron chi connectivity index (χ2n) is 5.44. The van der Waals surface area contributed by atoms with E-state index in [4.69, 9.17) is 14.6 Å². The minimum atomic E-state index is -1.03. The Morgan fingerprint density at radius 3 is 2.68 bits per heavy atom. The van der Waals surface area contributed by atoms with Crippen molar-refractivity contribution >= 4 is 11.9 Å². The Labute approximate surface area is 129 Å². The van der Waals surface area contributed by atoms with Gasteiger partial charge in [-0.1, -0.05) is 19.1 Å². The molecular formula is C16H21NO5. The molecule has 1 aromatic rings. The Morgan fingerprint density at radius 1 is 1.41 bits per heavy atom. The lowest BCUT2D eigenvalue weighted by atomic mass is 9.99. The van der Waals surface area contributed by atoms with Crippen LogP contribution in [0.1, 0.15) is 12.5 Å². The summed E-state index contributed by atoms with van der Waals surface area (Å²) in [4.78, 5) is 25.0. The highest BCUT2D eigenvalue weighted by Crippen LogP contribution is 2.17. The Morgan fingerprint density at radius 2 is 2.09 bits per heavy atom. The molecule has 1 saturated heterocycles. The molecule has 0 aromatic heterocycles. The Kier molecular flexibility index (Phi) is 5.38. The van der Waals surface area contributed by atoms with Gasteiger partial charge in [0.1, 0.15) is 5.75 Å². The molecule has 0 saturated carbocycles. The first-order valence-corrected chi connectivity index (χ1v) is 7.27. The number of nitrogens with zero attached hydrogens (tertiary/aromatic N) is 1. The van der Waals surface area contributed by atoms with Crippen LogP contribution in [0.15, 0.2) is 24.3 Å². The van der Waals surface area contributed by atoms with Crippen molar-refractivity contribution in [2.24, 2.45) is 5.92 Å². The van der Waals surface area contributed by atoms with Gasteiger partial charge in [-0.05, 0) is 24.1 Å². The first kappa shape index (κ1) is 16.3. The second-order valence-corrected chi connectivity index (χ2v) is 5.44. The van der Waals surface area contributed by atoms with Gasteiger partial charge < -0.3 is 19.5 Å². The summed E-state index contributed by atoms with van der Waals surface area (Å²) in [7, 11) is 1.61. The summed E-state index contributed by atoms with van der Waals surface area (Å²) in [6.45, 7) is 2.67.